The summed E-state index contributed by atoms with van der Waals surface area (Å²) in [5, 5.41) is 5.54. The summed E-state index contributed by atoms with van der Waals surface area (Å²) >= 11 is 0. The van der Waals surface area contributed by atoms with Crippen LogP contribution in [0.2, 0.25) is 0 Å². The van der Waals surface area contributed by atoms with E-state index in [1.807, 2.05) is 7.05 Å². The first-order chi connectivity index (χ1) is 5.81. The standard InChI is InChI=1S/C8H18N2O2/c1-3-4-5-10-8(11)12-7-6-9-2/h9H,3-7H2,1-2H3,(H,10,11). The molecule has 72 valence electrons. The SMILES string of the molecule is CCCCNC(=O)OCCNC. The molecule has 4 nitrogen and oxygen atoms in total. The Kier molecular flexibility index (Phi) is 7.79. The number of ether oxygens (including phenoxy) is 1. The topological polar surface area (TPSA) is 50.4 Å². The van der Waals surface area contributed by atoms with E-state index in [0.717, 1.165) is 12.8 Å². The Bertz CT molecular complexity index is 106. The molecule has 1 amide bonds. The number of hydrogen-bond donors (Lipinski definition) is 2. The first kappa shape index (κ1) is 11.2. The normalized spacial score (nSPS) is 9.50. The lowest BCUT2D eigenvalue weighted by molar-refractivity contribution is 0.147. The third-order valence-corrected chi connectivity index (χ3v) is 1.38. The number of carbonyl (C=O) groups is 1. The minimum absolute atomic E-state index is 0.321. The number of amides is 1. The van der Waals surface area contributed by atoms with Crippen LogP contribution in [-0.4, -0.2) is 32.8 Å². The van der Waals surface area contributed by atoms with Crippen LogP contribution < -0.4 is 10.6 Å². The summed E-state index contributed by atoms with van der Waals surface area (Å²) in [6, 6.07) is 0. The molecule has 0 aromatic carbocycles. The maximum absolute atomic E-state index is 10.8. The van der Waals surface area contributed by atoms with Crippen molar-refractivity contribution in [3.63, 3.8) is 0 Å². The van der Waals surface area contributed by atoms with Crippen molar-refractivity contribution in [3.05, 3.63) is 0 Å². The van der Waals surface area contributed by atoms with Crippen LogP contribution in [0.15, 0.2) is 0 Å². The fraction of sp³-hybridized carbons (Fsp3) is 0.875. The Morgan fingerprint density at radius 3 is 2.75 bits per heavy atom. The van der Waals surface area contributed by atoms with E-state index in [4.69, 9.17) is 4.74 Å². The lowest BCUT2D eigenvalue weighted by atomic mass is 10.3. The molecule has 0 aliphatic rings. The van der Waals surface area contributed by atoms with E-state index in [-0.39, 0.29) is 6.09 Å². The Hall–Kier alpha value is -0.770. The van der Waals surface area contributed by atoms with Gasteiger partial charge in [-0.3, -0.25) is 0 Å². The summed E-state index contributed by atoms with van der Waals surface area (Å²) in [5.41, 5.74) is 0. The van der Waals surface area contributed by atoms with E-state index in [1.54, 1.807) is 0 Å². The summed E-state index contributed by atoms with van der Waals surface area (Å²) < 4.78 is 4.82. The molecule has 0 unspecified atom stereocenters. The second-order valence-corrected chi connectivity index (χ2v) is 2.52. The average molecular weight is 174 g/mol. The van der Waals surface area contributed by atoms with Crippen molar-refractivity contribution in [1.29, 1.82) is 0 Å². The van der Waals surface area contributed by atoms with Crippen molar-refractivity contribution in [2.24, 2.45) is 0 Å². The molecule has 12 heavy (non-hydrogen) atoms. The number of nitrogens with one attached hydrogen (secondary N) is 2. The summed E-state index contributed by atoms with van der Waals surface area (Å²) in [7, 11) is 1.82. The molecule has 0 radical (unpaired) electrons. The predicted octanol–water partition coefficient (Wildman–Crippen LogP) is 0.732. The van der Waals surface area contributed by atoms with Gasteiger partial charge in [0.1, 0.15) is 6.61 Å². The van der Waals surface area contributed by atoms with Gasteiger partial charge in [-0.25, -0.2) is 4.79 Å². The smallest absolute Gasteiger partial charge is 0.407 e. The Morgan fingerprint density at radius 1 is 1.42 bits per heavy atom. The van der Waals surface area contributed by atoms with Crippen LogP contribution in [-0.2, 0) is 4.74 Å². The first-order valence-electron chi connectivity index (χ1n) is 4.36. The van der Waals surface area contributed by atoms with E-state index in [1.165, 1.54) is 0 Å². The highest BCUT2D eigenvalue weighted by Gasteiger charge is 1.97. The number of alkyl carbamates (subject to hydrolysis) is 1. The molecular weight excluding hydrogens is 156 g/mol. The van der Waals surface area contributed by atoms with E-state index < -0.39 is 0 Å². The summed E-state index contributed by atoms with van der Waals surface area (Å²) in [4.78, 5) is 10.8. The van der Waals surface area contributed by atoms with Gasteiger partial charge in [-0.1, -0.05) is 13.3 Å². The quantitative estimate of drug-likeness (QED) is 0.584. The molecule has 0 spiro atoms. The van der Waals surface area contributed by atoms with Gasteiger partial charge >= 0.3 is 6.09 Å². The van der Waals surface area contributed by atoms with E-state index in [0.29, 0.717) is 19.7 Å². The van der Waals surface area contributed by atoms with Crippen LogP contribution in [0.3, 0.4) is 0 Å². The van der Waals surface area contributed by atoms with Gasteiger partial charge in [0.2, 0.25) is 0 Å². The van der Waals surface area contributed by atoms with Gasteiger partial charge < -0.3 is 15.4 Å². The van der Waals surface area contributed by atoms with Crippen LogP contribution in [0.1, 0.15) is 19.8 Å². The van der Waals surface area contributed by atoms with Crippen LogP contribution in [0.25, 0.3) is 0 Å². The highest BCUT2D eigenvalue weighted by atomic mass is 16.5. The third kappa shape index (κ3) is 7.34. The van der Waals surface area contributed by atoms with E-state index in [2.05, 4.69) is 17.6 Å². The van der Waals surface area contributed by atoms with Crippen molar-refractivity contribution < 1.29 is 9.53 Å². The largest absolute Gasteiger partial charge is 0.448 e. The number of likely N-dealkylation sites (N-methyl/N-ethyl adjacent to an activating group) is 1. The molecule has 0 atom stereocenters. The highest BCUT2D eigenvalue weighted by molar-refractivity contribution is 5.66. The van der Waals surface area contributed by atoms with Gasteiger partial charge in [0, 0.05) is 13.1 Å². The minimum atomic E-state index is -0.321. The molecule has 0 rings (SSSR count). The fourth-order valence-electron chi connectivity index (χ4n) is 0.664. The molecule has 4 heteroatoms. The molecule has 0 aliphatic heterocycles. The number of carbonyl (C=O) groups excluding carboxylic acids is 1. The predicted molar refractivity (Wildman–Crippen MR) is 48.2 cm³/mol. The molecule has 0 heterocycles. The molecule has 0 aromatic rings. The molecular formula is C8H18N2O2. The van der Waals surface area contributed by atoms with Gasteiger partial charge in [-0.15, -0.1) is 0 Å². The number of unbranched alkanes of at least 4 members (excludes halogenated alkanes) is 1. The molecule has 0 saturated heterocycles. The van der Waals surface area contributed by atoms with Crippen LogP contribution in [0, 0.1) is 0 Å². The van der Waals surface area contributed by atoms with Crippen LogP contribution in [0.5, 0.6) is 0 Å². The minimum Gasteiger partial charge on any atom is -0.448 e. The zero-order valence-corrected chi connectivity index (χ0v) is 7.85. The maximum Gasteiger partial charge on any atom is 0.407 e. The van der Waals surface area contributed by atoms with Gasteiger partial charge in [0.05, 0.1) is 0 Å². The molecule has 0 aliphatic carbocycles. The van der Waals surface area contributed by atoms with E-state index in [9.17, 15) is 4.79 Å². The number of hydrogen-bond acceptors (Lipinski definition) is 3. The van der Waals surface area contributed by atoms with Crippen molar-refractivity contribution in [3.8, 4) is 0 Å². The second-order valence-electron chi connectivity index (χ2n) is 2.52. The average Bonchev–Trinajstić information content (AvgIpc) is 2.06. The molecule has 0 saturated carbocycles. The zero-order valence-electron chi connectivity index (χ0n) is 7.85. The van der Waals surface area contributed by atoms with Crippen molar-refractivity contribution in [2.75, 3.05) is 26.7 Å². The Morgan fingerprint density at radius 2 is 2.17 bits per heavy atom. The van der Waals surface area contributed by atoms with Crippen molar-refractivity contribution in [1.82, 2.24) is 10.6 Å². The van der Waals surface area contributed by atoms with Gasteiger partial charge in [-0.2, -0.15) is 0 Å². The van der Waals surface area contributed by atoms with Crippen LogP contribution >= 0.6 is 0 Å². The Balaban J connectivity index is 3.10. The Labute approximate surface area is 73.7 Å². The maximum atomic E-state index is 10.8. The van der Waals surface area contributed by atoms with Gasteiger partial charge in [0.25, 0.3) is 0 Å². The molecule has 0 fully saturated rings. The zero-order chi connectivity index (χ0) is 9.23. The first-order valence-corrected chi connectivity index (χ1v) is 4.36. The second kappa shape index (κ2) is 8.33. The molecule has 2 N–H and O–H groups in total. The monoisotopic (exact) mass is 174 g/mol. The van der Waals surface area contributed by atoms with Crippen molar-refractivity contribution >= 4 is 6.09 Å². The summed E-state index contributed by atoms with van der Waals surface area (Å²) in [5.74, 6) is 0. The number of rotatable bonds is 6. The lowest BCUT2D eigenvalue weighted by Gasteiger charge is -2.05. The van der Waals surface area contributed by atoms with Gasteiger partial charge in [0.15, 0.2) is 0 Å². The van der Waals surface area contributed by atoms with Crippen LogP contribution in [0.4, 0.5) is 4.79 Å². The fourth-order valence-corrected chi connectivity index (χ4v) is 0.664. The van der Waals surface area contributed by atoms with Crippen molar-refractivity contribution in [2.45, 2.75) is 19.8 Å². The summed E-state index contributed by atoms with van der Waals surface area (Å²) in [6.45, 7) is 3.90. The highest BCUT2D eigenvalue weighted by Crippen LogP contribution is 1.83. The third-order valence-electron chi connectivity index (χ3n) is 1.38. The summed E-state index contributed by atoms with van der Waals surface area (Å²) in [6.07, 6.45) is 1.76. The van der Waals surface area contributed by atoms with Gasteiger partial charge in [-0.05, 0) is 13.5 Å². The lowest BCUT2D eigenvalue weighted by Crippen LogP contribution is -2.27. The van der Waals surface area contributed by atoms with E-state index >= 15 is 0 Å². The molecule has 0 aromatic heterocycles. The molecule has 0 bridgehead atoms.